The lowest BCUT2D eigenvalue weighted by Gasteiger charge is -2.21. The predicted octanol–water partition coefficient (Wildman–Crippen LogP) is 10.5. The van der Waals surface area contributed by atoms with Crippen LogP contribution in [0.2, 0.25) is 0 Å². The number of fused-ring (bicyclic) bond motifs is 7. The zero-order valence-electron chi connectivity index (χ0n) is 23.9. The average molecular weight is 582 g/mol. The van der Waals surface area contributed by atoms with Gasteiger partial charge in [0.2, 0.25) is 0 Å². The van der Waals surface area contributed by atoms with Crippen LogP contribution in [0.1, 0.15) is 29.2 Å². The van der Waals surface area contributed by atoms with Crippen LogP contribution in [-0.2, 0) is 0 Å². The fourth-order valence-electron chi connectivity index (χ4n) is 6.67. The summed E-state index contributed by atoms with van der Waals surface area (Å²) in [6.07, 6.45) is 0.763. The first-order valence-electron chi connectivity index (χ1n) is 15.0. The molecule has 6 aromatic carbocycles. The zero-order valence-corrected chi connectivity index (χ0v) is 24.7. The Morgan fingerprint density at radius 3 is 2.09 bits per heavy atom. The number of rotatable bonds is 4. The first kappa shape index (κ1) is 25.2. The van der Waals surface area contributed by atoms with Crippen LogP contribution in [0.4, 0.5) is 0 Å². The van der Waals surface area contributed by atoms with Gasteiger partial charge in [0.25, 0.3) is 0 Å². The molecule has 0 N–H and O–H groups in total. The van der Waals surface area contributed by atoms with Gasteiger partial charge in [-0.15, -0.1) is 11.3 Å². The average Bonchev–Trinajstić information content (AvgIpc) is 3.65. The second kappa shape index (κ2) is 10.1. The number of nitrogens with zero attached hydrogens (tertiary/aromatic N) is 3. The van der Waals surface area contributed by atoms with Crippen molar-refractivity contribution in [3.05, 3.63) is 162 Å². The van der Waals surface area contributed by atoms with E-state index in [0.29, 0.717) is 0 Å². The van der Waals surface area contributed by atoms with Gasteiger partial charge >= 0.3 is 0 Å². The number of hydrogen-bond acceptors (Lipinski definition) is 3. The predicted molar refractivity (Wildman–Crippen MR) is 187 cm³/mol. The van der Waals surface area contributed by atoms with E-state index in [1.54, 1.807) is 0 Å². The molecule has 0 amide bonds. The Hall–Kier alpha value is -5.32. The molecule has 3 nitrogen and oxygen atoms in total. The molecule has 0 saturated heterocycles. The maximum Gasteiger partial charge on any atom is 0.155 e. The van der Waals surface area contributed by atoms with E-state index in [1.165, 1.54) is 47.5 Å². The molecule has 0 bridgehead atoms. The molecule has 0 aliphatic carbocycles. The van der Waals surface area contributed by atoms with Crippen molar-refractivity contribution < 1.29 is 0 Å². The highest BCUT2D eigenvalue weighted by Gasteiger charge is 2.22. The SMILES string of the molecule is c1ccc(C2=NC(c3ccccc3)CC(c3ccc(-n4c5ccccc5c5c6sc7ccccc7c6ccc54)cc3)=N2)cc1. The van der Waals surface area contributed by atoms with Crippen molar-refractivity contribution in [2.24, 2.45) is 9.98 Å². The molecular weight excluding hydrogens is 555 g/mol. The van der Waals surface area contributed by atoms with Crippen molar-refractivity contribution in [2.75, 3.05) is 0 Å². The zero-order chi connectivity index (χ0) is 29.0. The van der Waals surface area contributed by atoms with E-state index in [1.807, 2.05) is 29.5 Å². The van der Waals surface area contributed by atoms with Crippen LogP contribution in [0.5, 0.6) is 0 Å². The number of thiophene rings is 1. The first-order valence-corrected chi connectivity index (χ1v) is 15.8. The van der Waals surface area contributed by atoms with E-state index in [9.17, 15) is 0 Å². The minimum atomic E-state index is 0.0274. The van der Waals surface area contributed by atoms with E-state index in [0.717, 1.165) is 34.8 Å². The third-order valence-electron chi connectivity index (χ3n) is 8.76. The van der Waals surface area contributed by atoms with E-state index in [2.05, 4.69) is 132 Å². The number of para-hydroxylation sites is 1. The Morgan fingerprint density at radius 2 is 1.27 bits per heavy atom. The Labute approximate surface area is 259 Å². The van der Waals surface area contributed by atoms with Crippen LogP contribution >= 0.6 is 11.3 Å². The third kappa shape index (κ3) is 4.03. The highest BCUT2D eigenvalue weighted by molar-refractivity contribution is 7.26. The number of hydrogen-bond donors (Lipinski definition) is 0. The number of aliphatic imine (C=N–C) groups is 2. The van der Waals surface area contributed by atoms with Gasteiger partial charge in [0, 0.05) is 48.6 Å². The van der Waals surface area contributed by atoms with Gasteiger partial charge in [0.15, 0.2) is 5.84 Å². The van der Waals surface area contributed by atoms with Gasteiger partial charge in [0.1, 0.15) is 0 Å². The summed E-state index contributed by atoms with van der Waals surface area (Å²) in [5, 5.41) is 5.27. The molecule has 1 atom stereocenters. The van der Waals surface area contributed by atoms with Crippen LogP contribution in [0.3, 0.4) is 0 Å². The van der Waals surface area contributed by atoms with Gasteiger partial charge in [0.05, 0.1) is 22.8 Å². The fourth-order valence-corrected chi connectivity index (χ4v) is 7.93. The lowest BCUT2D eigenvalue weighted by molar-refractivity contribution is 0.753. The second-order valence-corrected chi connectivity index (χ2v) is 12.4. The van der Waals surface area contributed by atoms with Gasteiger partial charge in [-0.05, 0) is 41.5 Å². The highest BCUT2D eigenvalue weighted by atomic mass is 32.1. The van der Waals surface area contributed by atoms with Crippen molar-refractivity contribution in [1.29, 1.82) is 0 Å². The molecule has 0 saturated carbocycles. The molecule has 1 aliphatic rings. The molecule has 9 rings (SSSR count). The molecule has 0 radical (unpaired) electrons. The van der Waals surface area contributed by atoms with E-state index < -0.39 is 0 Å². The van der Waals surface area contributed by atoms with Crippen LogP contribution in [-0.4, -0.2) is 16.1 Å². The van der Waals surface area contributed by atoms with E-state index >= 15 is 0 Å². The van der Waals surface area contributed by atoms with Crippen molar-refractivity contribution in [3.8, 4) is 5.69 Å². The van der Waals surface area contributed by atoms with Crippen LogP contribution in [0.15, 0.2) is 156 Å². The smallest absolute Gasteiger partial charge is 0.155 e. The highest BCUT2D eigenvalue weighted by Crippen LogP contribution is 2.43. The standard InChI is InChI=1S/C40H27N3S/c1-3-11-26(12-4-1)33-25-34(42-40(41-33)28-13-5-2-6-14-28)27-19-21-29(22-20-27)43-35-17-9-7-16-32(35)38-36(43)24-23-31-30-15-8-10-18-37(30)44-39(31)38/h1-24,33H,25H2. The monoisotopic (exact) mass is 581 g/mol. The summed E-state index contributed by atoms with van der Waals surface area (Å²) >= 11 is 1.89. The Kier molecular flexibility index (Phi) is 5.81. The summed E-state index contributed by atoms with van der Waals surface area (Å²) in [6, 6.07) is 51.9. The molecule has 208 valence electrons. The molecule has 2 aromatic heterocycles. The molecular formula is C40H27N3S. The Balaban J connectivity index is 1.17. The number of benzene rings is 6. The summed E-state index contributed by atoms with van der Waals surface area (Å²) in [7, 11) is 0. The topological polar surface area (TPSA) is 29.6 Å². The largest absolute Gasteiger partial charge is 0.309 e. The summed E-state index contributed by atoms with van der Waals surface area (Å²) in [6.45, 7) is 0. The quantitative estimate of drug-likeness (QED) is 0.198. The van der Waals surface area contributed by atoms with Gasteiger partial charge in [-0.25, -0.2) is 4.99 Å². The van der Waals surface area contributed by atoms with Gasteiger partial charge in [-0.3, -0.25) is 4.99 Å². The molecule has 1 unspecified atom stereocenters. The molecule has 0 spiro atoms. The van der Waals surface area contributed by atoms with Crippen LogP contribution < -0.4 is 0 Å². The lowest BCUT2D eigenvalue weighted by atomic mass is 9.95. The van der Waals surface area contributed by atoms with E-state index in [-0.39, 0.29) is 6.04 Å². The van der Waals surface area contributed by atoms with Gasteiger partial charge in [-0.2, -0.15) is 0 Å². The number of amidine groups is 1. The molecule has 44 heavy (non-hydrogen) atoms. The summed E-state index contributed by atoms with van der Waals surface area (Å²) in [4.78, 5) is 10.2. The van der Waals surface area contributed by atoms with Gasteiger partial charge in [-0.1, -0.05) is 115 Å². The van der Waals surface area contributed by atoms with E-state index in [4.69, 9.17) is 9.98 Å². The normalized spacial score (nSPS) is 15.2. The Morgan fingerprint density at radius 1 is 0.568 bits per heavy atom. The molecule has 0 fully saturated rings. The van der Waals surface area contributed by atoms with Gasteiger partial charge < -0.3 is 4.57 Å². The number of aromatic nitrogens is 1. The lowest BCUT2D eigenvalue weighted by Crippen LogP contribution is -2.17. The Bertz CT molecular complexity index is 2400. The molecule has 8 aromatic rings. The molecule has 3 heterocycles. The fraction of sp³-hybridized carbons (Fsp3) is 0.0500. The minimum absolute atomic E-state index is 0.0274. The summed E-state index contributed by atoms with van der Waals surface area (Å²) in [5.41, 5.74) is 8.05. The van der Waals surface area contributed by atoms with Crippen molar-refractivity contribution >= 4 is 64.9 Å². The van der Waals surface area contributed by atoms with Crippen molar-refractivity contribution in [2.45, 2.75) is 12.5 Å². The first-order chi connectivity index (χ1) is 21.8. The maximum absolute atomic E-state index is 5.11. The van der Waals surface area contributed by atoms with Crippen molar-refractivity contribution in [3.63, 3.8) is 0 Å². The summed E-state index contributed by atoms with van der Waals surface area (Å²) < 4.78 is 5.09. The van der Waals surface area contributed by atoms with Crippen LogP contribution in [0.25, 0.3) is 47.7 Å². The summed E-state index contributed by atoms with van der Waals surface area (Å²) in [5.74, 6) is 0.791. The molecule has 1 aliphatic heterocycles. The second-order valence-electron chi connectivity index (χ2n) is 11.3. The third-order valence-corrected chi connectivity index (χ3v) is 9.96. The molecule has 4 heteroatoms. The minimum Gasteiger partial charge on any atom is -0.309 e. The maximum atomic E-state index is 5.11. The van der Waals surface area contributed by atoms with Crippen LogP contribution in [0, 0.1) is 0 Å². The van der Waals surface area contributed by atoms with Crippen molar-refractivity contribution in [1.82, 2.24) is 4.57 Å².